The smallest absolute Gasteiger partial charge is 0.254 e. The van der Waals surface area contributed by atoms with Gasteiger partial charge in [-0.1, -0.05) is 18.6 Å². The number of benzene rings is 1. The monoisotopic (exact) mass is 513 g/mol. The van der Waals surface area contributed by atoms with Gasteiger partial charge in [-0.15, -0.1) is 0 Å². The summed E-state index contributed by atoms with van der Waals surface area (Å²) >= 11 is 0. The van der Waals surface area contributed by atoms with Crippen LogP contribution in [0.1, 0.15) is 46.7 Å². The molecule has 0 saturated carbocycles. The summed E-state index contributed by atoms with van der Waals surface area (Å²) in [7, 11) is 5.97. The standard InChI is InChI=1S/C30H39N7O/c1-8-25-27(31-14-15-35(5)6)12-13-28(33-25)29-17-24(23-16-20(3)10-11-26(23)34-29)30(38)36(7)19-22-18-32-37(9-2)21(22)4/h10-13,16-18,31H,8-9,14-15,19H2,1-7H3. The second-order valence-electron chi connectivity index (χ2n) is 10.1. The summed E-state index contributed by atoms with van der Waals surface area (Å²) in [6.45, 7) is 11.3. The molecule has 8 nitrogen and oxygen atoms in total. The highest BCUT2D eigenvalue weighted by Crippen LogP contribution is 2.28. The van der Waals surface area contributed by atoms with Gasteiger partial charge in [0.05, 0.1) is 40.0 Å². The minimum absolute atomic E-state index is 0.0504. The summed E-state index contributed by atoms with van der Waals surface area (Å²) < 4.78 is 1.95. The number of amides is 1. The third-order valence-electron chi connectivity index (χ3n) is 6.90. The van der Waals surface area contributed by atoms with E-state index in [0.29, 0.717) is 17.8 Å². The first-order valence-electron chi connectivity index (χ1n) is 13.3. The molecule has 0 aliphatic heterocycles. The van der Waals surface area contributed by atoms with Gasteiger partial charge >= 0.3 is 0 Å². The topological polar surface area (TPSA) is 79.2 Å². The van der Waals surface area contributed by atoms with Crippen LogP contribution in [0.5, 0.6) is 0 Å². The maximum absolute atomic E-state index is 13.8. The molecular weight excluding hydrogens is 474 g/mol. The van der Waals surface area contributed by atoms with Crippen molar-refractivity contribution in [1.82, 2.24) is 29.5 Å². The zero-order valence-corrected chi connectivity index (χ0v) is 23.7. The Kier molecular flexibility index (Phi) is 8.42. The lowest BCUT2D eigenvalue weighted by atomic mass is 10.0. The van der Waals surface area contributed by atoms with E-state index in [9.17, 15) is 4.79 Å². The van der Waals surface area contributed by atoms with E-state index in [2.05, 4.69) is 49.3 Å². The molecule has 0 unspecified atom stereocenters. The molecule has 38 heavy (non-hydrogen) atoms. The van der Waals surface area contributed by atoms with Crippen LogP contribution in [-0.4, -0.2) is 69.7 Å². The first kappa shape index (κ1) is 27.3. The minimum Gasteiger partial charge on any atom is -0.382 e. The van der Waals surface area contributed by atoms with Crippen molar-refractivity contribution in [2.24, 2.45) is 0 Å². The van der Waals surface area contributed by atoms with Crippen molar-refractivity contribution < 1.29 is 4.79 Å². The van der Waals surface area contributed by atoms with Gasteiger partial charge in [0.2, 0.25) is 0 Å². The van der Waals surface area contributed by atoms with Crippen LogP contribution in [0.15, 0.2) is 42.6 Å². The summed E-state index contributed by atoms with van der Waals surface area (Å²) in [5.41, 5.74) is 8.11. The number of anilines is 1. The highest BCUT2D eigenvalue weighted by atomic mass is 16.2. The van der Waals surface area contributed by atoms with Crippen molar-refractivity contribution in [1.29, 1.82) is 0 Å². The molecule has 1 aromatic carbocycles. The number of likely N-dealkylation sites (N-methyl/N-ethyl adjacent to an activating group) is 1. The molecule has 0 radical (unpaired) electrons. The van der Waals surface area contributed by atoms with Crippen LogP contribution in [0.3, 0.4) is 0 Å². The molecule has 0 spiro atoms. The largest absolute Gasteiger partial charge is 0.382 e. The number of hydrogen-bond donors (Lipinski definition) is 1. The predicted molar refractivity (Wildman–Crippen MR) is 155 cm³/mol. The molecule has 0 aliphatic rings. The summed E-state index contributed by atoms with van der Waals surface area (Å²) in [5, 5.41) is 8.79. The second kappa shape index (κ2) is 11.7. The van der Waals surface area contributed by atoms with Gasteiger partial charge in [-0.2, -0.15) is 5.10 Å². The molecule has 8 heteroatoms. The third-order valence-corrected chi connectivity index (χ3v) is 6.90. The molecule has 0 saturated heterocycles. The van der Waals surface area contributed by atoms with E-state index in [0.717, 1.165) is 70.9 Å². The average molecular weight is 514 g/mol. The summed E-state index contributed by atoms with van der Waals surface area (Å²) in [6.07, 6.45) is 2.65. The molecular formula is C30H39N7O. The lowest BCUT2D eigenvalue weighted by Gasteiger charge is -2.19. The molecule has 4 rings (SSSR count). The van der Waals surface area contributed by atoms with Crippen molar-refractivity contribution in [3.63, 3.8) is 0 Å². The Morgan fingerprint density at radius 3 is 2.47 bits per heavy atom. The van der Waals surface area contributed by atoms with E-state index < -0.39 is 0 Å². The van der Waals surface area contributed by atoms with Gasteiger partial charge in [0.15, 0.2) is 0 Å². The van der Waals surface area contributed by atoms with Crippen molar-refractivity contribution in [2.45, 2.75) is 47.2 Å². The van der Waals surface area contributed by atoms with E-state index in [1.165, 1.54) is 0 Å². The Labute approximate surface area is 225 Å². The number of hydrogen-bond acceptors (Lipinski definition) is 6. The Hall–Kier alpha value is -3.78. The van der Waals surface area contributed by atoms with Crippen LogP contribution in [0.2, 0.25) is 0 Å². The molecule has 0 bridgehead atoms. The number of rotatable bonds is 10. The van der Waals surface area contributed by atoms with Crippen molar-refractivity contribution in [3.05, 3.63) is 70.7 Å². The third kappa shape index (κ3) is 5.86. The number of nitrogens with one attached hydrogen (secondary N) is 1. The van der Waals surface area contributed by atoms with Crippen LogP contribution < -0.4 is 5.32 Å². The lowest BCUT2D eigenvalue weighted by Crippen LogP contribution is -2.27. The first-order chi connectivity index (χ1) is 18.2. The van der Waals surface area contributed by atoms with Gasteiger partial charge in [0.25, 0.3) is 5.91 Å². The predicted octanol–water partition coefficient (Wildman–Crippen LogP) is 4.94. The Morgan fingerprint density at radius 2 is 1.79 bits per heavy atom. The highest BCUT2D eigenvalue weighted by molar-refractivity contribution is 6.07. The van der Waals surface area contributed by atoms with Crippen molar-refractivity contribution >= 4 is 22.5 Å². The summed E-state index contributed by atoms with van der Waals surface area (Å²) in [4.78, 5) is 27.6. The molecule has 0 fully saturated rings. The number of carbonyl (C=O) groups excluding carboxylic acids is 1. The fourth-order valence-electron chi connectivity index (χ4n) is 4.63. The number of pyridine rings is 2. The van der Waals surface area contributed by atoms with Gasteiger partial charge in [-0.05, 0) is 71.6 Å². The SMILES string of the molecule is CCc1nc(-c2cc(C(=O)N(C)Cc3cnn(CC)c3C)c3cc(C)ccc3n2)ccc1NCCN(C)C. The highest BCUT2D eigenvalue weighted by Gasteiger charge is 2.20. The van der Waals surface area contributed by atoms with Gasteiger partial charge in [0.1, 0.15) is 0 Å². The van der Waals surface area contributed by atoms with E-state index in [4.69, 9.17) is 9.97 Å². The van der Waals surface area contributed by atoms with Gasteiger partial charge in [0, 0.05) is 49.9 Å². The quantitative estimate of drug-likeness (QED) is 0.324. The average Bonchev–Trinajstić information content (AvgIpc) is 3.26. The van der Waals surface area contributed by atoms with Crippen molar-refractivity contribution in [2.75, 3.05) is 39.5 Å². The zero-order chi connectivity index (χ0) is 27.4. The zero-order valence-electron chi connectivity index (χ0n) is 23.7. The van der Waals surface area contributed by atoms with E-state index in [1.54, 1.807) is 4.90 Å². The van der Waals surface area contributed by atoms with Crippen LogP contribution in [-0.2, 0) is 19.5 Å². The van der Waals surface area contributed by atoms with Gasteiger partial charge in [-0.25, -0.2) is 9.97 Å². The molecule has 4 aromatic rings. The van der Waals surface area contributed by atoms with Crippen LogP contribution in [0.4, 0.5) is 5.69 Å². The lowest BCUT2D eigenvalue weighted by molar-refractivity contribution is 0.0787. The van der Waals surface area contributed by atoms with Crippen LogP contribution >= 0.6 is 0 Å². The second-order valence-corrected chi connectivity index (χ2v) is 10.1. The molecule has 3 heterocycles. The fraction of sp³-hybridized carbons (Fsp3) is 0.400. The molecule has 1 amide bonds. The number of aryl methyl sites for hydroxylation is 3. The molecule has 0 atom stereocenters. The van der Waals surface area contributed by atoms with Gasteiger partial charge in [-0.3, -0.25) is 9.48 Å². The summed E-state index contributed by atoms with van der Waals surface area (Å²) in [5.74, 6) is -0.0504. The van der Waals surface area contributed by atoms with Crippen molar-refractivity contribution in [3.8, 4) is 11.4 Å². The molecule has 0 aliphatic carbocycles. The Balaban J connectivity index is 1.71. The maximum Gasteiger partial charge on any atom is 0.254 e. The normalized spacial score (nSPS) is 11.4. The first-order valence-corrected chi connectivity index (χ1v) is 13.3. The Morgan fingerprint density at radius 1 is 1.00 bits per heavy atom. The van der Waals surface area contributed by atoms with Gasteiger partial charge < -0.3 is 15.1 Å². The maximum atomic E-state index is 13.8. The van der Waals surface area contributed by atoms with Crippen LogP contribution in [0, 0.1) is 13.8 Å². The Bertz CT molecular complexity index is 1440. The van der Waals surface area contributed by atoms with E-state index in [1.807, 2.05) is 62.1 Å². The number of fused-ring (bicyclic) bond motifs is 1. The molecule has 1 N–H and O–H groups in total. The molecule has 200 valence electrons. The summed E-state index contributed by atoms with van der Waals surface area (Å²) in [6, 6.07) is 12.0. The van der Waals surface area contributed by atoms with E-state index >= 15 is 0 Å². The number of nitrogens with zero attached hydrogens (tertiary/aromatic N) is 6. The van der Waals surface area contributed by atoms with E-state index in [-0.39, 0.29) is 5.91 Å². The molecule has 3 aromatic heterocycles. The number of carbonyl (C=O) groups is 1. The van der Waals surface area contributed by atoms with Crippen LogP contribution in [0.25, 0.3) is 22.3 Å². The fourth-order valence-corrected chi connectivity index (χ4v) is 4.63. The minimum atomic E-state index is -0.0504. The number of aromatic nitrogens is 4.